The molecule has 0 amide bonds. The van der Waals surface area contributed by atoms with Crippen LogP contribution < -0.4 is 10.1 Å². The molecule has 0 aliphatic carbocycles. The average molecular weight is 349 g/mol. The minimum Gasteiger partial charge on any atom is -0.495 e. The number of nitrogens with one attached hydrogen (secondary N) is 1. The Hall–Kier alpha value is -2.06. The molecule has 2 rings (SSSR count). The van der Waals surface area contributed by atoms with Crippen LogP contribution in [0.5, 0.6) is 5.75 Å². The lowest BCUT2D eigenvalue weighted by atomic mass is 10.1. The predicted octanol–water partition coefficient (Wildman–Crippen LogP) is 4.64. The van der Waals surface area contributed by atoms with Gasteiger partial charge in [-0.05, 0) is 31.2 Å². The van der Waals surface area contributed by atoms with E-state index in [4.69, 9.17) is 10.00 Å². The van der Waals surface area contributed by atoms with Gasteiger partial charge in [0.15, 0.2) is 0 Å². The number of nitriles is 1. The standard InChI is InChI=1S/C16H14BrFN2O/c1-10(13-5-4-12(17)8-14(13)18)20-15-6-3-11(9-19)7-16(15)21-2/h3-8,10,20H,1-2H3. The lowest BCUT2D eigenvalue weighted by Gasteiger charge is -2.18. The molecule has 0 heterocycles. The third-order valence-electron chi connectivity index (χ3n) is 3.13. The van der Waals surface area contributed by atoms with Gasteiger partial charge in [-0.1, -0.05) is 22.0 Å². The number of benzene rings is 2. The molecule has 0 bridgehead atoms. The monoisotopic (exact) mass is 348 g/mol. The Bertz CT molecular complexity index is 697. The van der Waals surface area contributed by atoms with Gasteiger partial charge in [0, 0.05) is 16.1 Å². The van der Waals surface area contributed by atoms with E-state index in [-0.39, 0.29) is 11.9 Å². The van der Waals surface area contributed by atoms with E-state index < -0.39 is 0 Å². The van der Waals surface area contributed by atoms with Gasteiger partial charge in [0.25, 0.3) is 0 Å². The van der Waals surface area contributed by atoms with Crippen molar-refractivity contribution in [2.45, 2.75) is 13.0 Å². The first kappa shape index (κ1) is 15.3. The van der Waals surface area contributed by atoms with E-state index in [0.717, 1.165) is 0 Å². The van der Waals surface area contributed by atoms with E-state index in [0.29, 0.717) is 27.0 Å². The van der Waals surface area contributed by atoms with Crippen LogP contribution in [0.4, 0.5) is 10.1 Å². The van der Waals surface area contributed by atoms with Crippen molar-refractivity contribution in [2.24, 2.45) is 0 Å². The SMILES string of the molecule is COc1cc(C#N)ccc1NC(C)c1ccc(Br)cc1F. The van der Waals surface area contributed by atoms with Gasteiger partial charge in [-0.2, -0.15) is 5.26 Å². The van der Waals surface area contributed by atoms with E-state index in [1.807, 2.05) is 6.92 Å². The average Bonchev–Trinajstić information content (AvgIpc) is 2.47. The van der Waals surface area contributed by atoms with E-state index in [1.54, 1.807) is 30.3 Å². The van der Waals surface area contributed by atoms with Crippen LogP contribution in [-0.4, -0.2) is 7.11 Å². The summed E-state index contributed by atoms with van der Waals surface area (Å²) in [5, 5.41) is 12.1. The summed E-state index contributed by atoms with van der Waals surface area (Å²) in [6.07, 6.45) is 0. The van der Waals surface area contributed by atoms with Gasteiger partial charge in [-0.3, -0.25) is 0 Å². The molecule has 0 radical (unpaired) electrons. The summed E-state index contributed by atoms with van der Waals surface area (Å²) < 4.78 is 19.9. The van der Waals surface area contributed by atoms with Crippen molar-refractivity contribution in [3.63, 3.8) is 0 Å². The Morgan fingerprint density at radius 1 is 1.29 bits per heavy atom. The molecule has 2 aromatic carbocycles. The van der Waals surface area contributed by atoms with Gasteiger partial charge in [-0.25, -0.2) is 4.39 Å². The highest BCUT2D eigenvalue weighted by atomic mass is 79.9. The summed E-state index contributed by atoms with van der Waals surface area (Å²) in [7, 11) is 1.53. The maximum Gasteiger partial charge on any atom is 0.143 e. The second-order valence-corrected chi connectivity index (χ2v) is 5.47. The first-order chi connectivity index (χ1) is 10.0. The molecule has 1 atom stereocenters. The quantitative estimate of drug-likeness (QED) is 0.875. The first-order valence-corrected chi connectivity index (χ1v) is 7.14. The zero-order chi connectivity index (χ0) is 15.4. The Morgan fingerprint density at radius 2 is 2.05 bits per heavy atom. The van der Waals surface area contributed by atoms with E-state index in [2.05, 4.69) is 27.3 Å². The van der Waals surface area contributed by atoms with Gasteiger partial charge in [0.05, 0.1) is 30.5 Å². The zero-order valence-corrected chi connectivity index (χ0v) is 13.2. The highest BCUT2D eigenvalue weighted by Gasteiger charge is 2.13. The molecule has 0 saturated heterocycles. The molecule has 1 unspecified atom stereocenters. The topological polar surface area (TPSA) is 45.0 Å². The minimum absolute atomic E-state index is 0.236. The zero-order valence-electron chi connectivity index (χ0n) is 11.7. The summed E-state index contributed by atoms with van der Waals surface area (Å²) in [4.78, 5) is 0. The third kappa shape index (κ3) is 3.53. The molecule has 0 fully saturated rings. The second kappa shape index (κ2) is 6.59. The van der Waals surface area contributed by atoms with Crippen LogP contribution in [0.3, 0.4) is 0 Å². The van der Waals surface area contributed by atoms with Crippen molar-refractivity contribution >= 4 is 21.6 Å². The van der Waals surface area contributed by atoms with E-state index in [1.165, 1.54) is 13.2 Å². The van der Waals surface area contributed by atoms with Crippen molar-refractivity contribution in [2.75, 3.05) is 12.4 Å². The fourth-order valence-corrected chi connectivity index (χ4v) is 2.38. The molecule has 2 aromatic rings. The van der Waals surface area contributed by atoms with Crippen LogP contribution in [0.25, 0.3) is 0 Å². The molecule has 3 nitrogen and oxygen atoms in total. The summed E-state index contributed by atoms with van der Waals surface area (Å²) >= 11 is 3.24. The number of hydrogen-bond donors (Lipinski definition) is 1. The molecule has 108 valence electrons. The number of methoxy groups -OCH3 is 1. The van der Waals surface area contributed by atoms with Crippen molar-refractivity contribution in [3.8, 4) is 11.8 Å². The van der Waals surface area contributed by atoms with Crippen LogP contribution in [0.15, 0.2) is 40.9 Å². The summed E-state index contributed by atoms with van der Waals surface area (Å²) in [6, 6.07) is 11.9. The largest absolute Gasteiger partial charge is 0.495 e. The van der Waals surface area contributed by atoms with Gasteiger partial charge in [0.1, 0.15) is 11.6 Å². The van der Waals surface area contributed by atoms with Gasteiger partial charge in [0.2, 0.25) is 0 Å². The second-order valence-electron chi connectivity index (χ2n) is 4.56. The van der Waals surface area contributed by atoms with Crippen LogP contribution in [0.1, 0.15) is 24.1 Å². The van der Waals surface area contributed by atoms with Crippen molar-refractivity contribution in [1.29, 1.82) is 5.26 Å². The number of hydrogen-bond acceptors (Lipinski definition) is 3. The molecule has 0 spiro atoms. The van der Waals surface area contributed by atoms with Crippen LogP contribution >= 0.6 is 15.9 Å². The molecule has 0 aliphatic rings. The van der Waals surface area contributed by atoms with E-state index >= 15 is 0 Å². The Morgan fingerprint density at radius 3 is 2.67 bits per heavy atom. The van der Waals surface area contributed by atoms with Crippen LogP contribution in [0, 0.1) is 17.1 Å². The maximum absolute atomic E-state index is 14.0. The molecule has 1 N–H and O–H groups in total. The lowest BCUT2D eigenvalue weighted by Crippen LogP contribution is -2.09. The molecule has 0 aliphatic heterocycles. The first-order valence-electron chi connectivity index (χ1n) is 6.34. The molecule has 0 aromatic heterocycles. The normalized spacial score (nSPS) is 11.6. The fourth-order valence-electron chi connectivity index (χ4n) is 2.04. The summed E-state index contributed by atoms with van der Waals surface area (Å²) in [6.45, 7) is 1.87. The third-order valence-corrected chi connectivity index (χ3v) is 3.62. The van der Waals surface area contributed by atoms with Crippen molar-refractivity contribution < 1.29 is 9.13 Å². The number of nitrogens with zero attached hydrogens (tertiary/aromatic N) is 1. The molecule has 0 saturated carbocycles. The smallest absolute Gasteiger partial charge is 0.143 e. The molecular weight excluding hydrogens is 335 g/mol. The Balaban J connectivity index is 2.27. The highest BCUT2D eigenvalue weighted by molar-refractivity contribution is 9.10. The van der Waals surface area contributed by atoms with Crippen LogP contribution in [-0.2, 0) is 0 Å². The lowest BCUT2D eigenvalue weighted by molar-refractivity contribution is 0.416. The summed E-state index contributed by atoms with van der Waals surface area (Å²) in [5.41, 5.74) is 1.79. The predicted molar refractivity (Wildman–Crippen MR) is 83.8 cm³/mol. The number of ether oxygens (including phenoxy) is 1. The van der Waals surface area contributed by atoms with Crippen molar-refractivity contribution in [3.05, 3.63) is 57.8 Å². The molecule has 21 heavy (non-hydrogen) atoms. The van der Waals surface area contributed by atoms with E-state index in [9.17, 15) is 4.39 Å². The molecular formula is C16H14BrFN2O. The van der Waals surface area contributed by atoms with Gasteiger partial charge >= 0.3 is 0 Å². The van der Waals surface area contributed by atoms with Crippen molar-refractivity contribution in [1.82, 2.24) is 0 Å². The van der Waals surface area contributed by atoms with Gasteiger partial charge in [-0.15, -0.1) is 0 Å². The summed E-state index contributed by atoms with van der Waals surface area (Å²) in [5.74, 6) is 0.274. The molecule has 5 heteroatoms. The van der Waals surface area contributed by atoms with Crippen LogP contribution in [0.2, 0.25) is 0 Å². The highest BCUT2D eigenvalue weighted by Crippen LogP contribution is 2.30. The van der Waals surface area contributed by atoms with Gasteiger partial charge < -0.3 is 10.1 Å². The maximum atomic E-state index is 14.0. The number of rotatable bonds is 4. The number of anilines is 1. The number of halogens is 2. The Labute approximate surface area is 131 Å². The Kier molecular flexibility index (Phi) is 4.81. The fraction of sp³-hybridized carbons (Fsp3) is 0.188. The minimum atomic E-state index is -0.281.